The van der Waals surface area contributed by atoms with Crippen molar-refractivity contribution in [2.24, 2.45) is 7.05 Å². The second-order valence-electron chi connectivity index (χ2n) is 4.14. The van der Waals surface area contributed by atoms with Gasteiger partial charge >= 0.3 is 0 Å². The number of aliphatic hydroxyl groups excluding tert-OH is 1. The van der Waals surface area contributed by atoms with E-state index < -0.39 is 6.10 Å². The molecule has 0 spiro atoms. The number of halogens is 1. The topological polar surface area (TPSA) is 47.3 Å². The molecule has 0 amide bonds. The van der Waals surface area contributed by atoms with Gasteiger partial charge in [0.1, 0.15) is 18.2 Å². The van der Waals surface area contributed by atoms with Gasteiger partial charge in [0.2, 0.25) is 0 Å². The molecule has 0 aliphatic carbocycles. The summed E-state index contributed by atoms with van der Waals surface area (Å²) >= 11 is 0. The Bertz CT molecular complexity index is 538. The van der Waals surface area contributed by atoms with Crippen LogP contribution in [-0.2, 0) is 13.7 Å². The molecule has 1 aromatic heterocycles. The molecule has 1 N–H and O–H groups in total. The van der Waals surface area contributed by atoms with Gasteiger partial charge in [-0.05, 0) is 19.1 Å². The van der Waals surface area contributed by atoms with Crippen molar-refractivity contribution in [3.05, 3.63) is 47.8 Å². The number of aryl methyl sites for hydroxylation is 1. The third kappa shape index (κ3) is 2.68. The van der Waals surface area contributed by atoms with Crippen molar-refractivity contribution in [3.63, 3.8) is 0 Å². The van der Waals surface area contributed by atoms with E-state index in [2.05, 4.69) is 4.98 Å². The van der Waals surface area contributed by atoms with Gasteiger partial charge in [-0.25, -0.2) is 9.37 Å². The molecule has 0 unspecified atom stereocenters. The highest BCUT2D eigenvalue weighted by Gasteiger charge is 2.11. The van der Waals surface area contributed by atoms with Crippen LogP contribution in [0.4, 0.5) is 4.39 Å². The molecule has 0 saturated carbocycles. The summed E-state index contributed by atoms with van der Waals surface area (Å²) in [4.78, 5) is 3.97. The largest absolute Gasteiger partial charge is 0.487 e. The molecule has 5 heteroatoms. The summed E-state index contributed by atoms with van der Waals surface area (Å²) in [5, 5.41) is 9.59. The van der Waals surface area contributed by atoms with Crippen LogP contribution >= 0.6 is 0 Å². The number of aromatic nitrogens is 2. The monoisotopic (exact) mass is 250 g/mol. The molecule has 4 nitrogen and oxygen atoms in total. The van der Waals surface area contributed by atoms with Crippen molar-refractivity contribution in [2.45, 2.75) is 19.6 Å². The minimum Gasteiger partial charge on any atom is -0.487 e. The molecule has 18 heavy (non-hydrogen) atoms. The van der Waals surface area contributed by atoms with Crippen LogP contribution in [0.2, 0.25) is 0 Å². The molecule has 2 aromatic rings. The minimum absolute atomic E-state index is 0.277. The third-order valence-corrected chi connectivity index (χ3v) is 2.72. The highest BCUT2D eigenvalue weighted by molar-refractivity contribution is 5.35. The first-order valence-corrected chi connectivity index (χ1v) is 5.63. The molecule has 1 aromatic carbocycles. The molecule has 0 radical (unpaired) electrons. The zero-order valence-electron chi connectivity index (χ0n) is 10.3. The van der Waals surface area contributed by atoms with Crippen molar-refractivity contribution < 1.29 is 14.2 Å². The number of nitrogens with zero attached hydrogens (tertiary/aromatic N) is 2. The van der Waals surface area contributed by atoms with Crippen LogP contribution in [0.5, 0.6) is 5.75 Å². The van der Waals surface area contributed by atoms with Gasteiger partial charge < -0.3 is 14.4 Å². The van der Waals surface area contributed by atoms with E-state index in [0.717, 1.165) is 5.69 Å². The van der Waals surface area contributed by atoms with Crippen LogP contribution < -0.4 is 4.74 Å². The van der Waals surface area contributed by atoms with Crippen molar-refractivity contribution in [3.8, 4) is 5.75 Å². The van der Waals surface area contributed by atoms with Gasteiger partial charge in [-0.1, -0.05) is 0 Å². The number of rotatable bonds is 4. The second-order valence-corrected chi connectivity index (χ2v) is 4.14. The lowest BCUT2D eigenvalue weighted by Crippen LogP contribution is -2.04. The van der Waals surface area contributed by atoms with Gasteiger partial charge in [-0.15, -0.1) is 0 Å². The van der Waals surface area contributed by atoms with Gasteiger partial charge in [-0.3, -0.25) is 0 Å². The highest BCUT2D eigenvalue weighted by Crippen LogP contribution is 2.26. The van der Waals surface area contributed by atoms with E-state index in [4.69, 9.17) is 4.74 Å². The van der Waals surface area contributed by atoms with Gasteiger partial charge in [-0.2, -0.15) is 0 Å². The maximum atomic E-state index is 13.2. The molecule has 1 heterocycles. The predicted molar refractivity (Wildman–Crippen MR) is 64.6 cm³/mol. The summed E-state index contributed by atoms with van der Waals surface area (Å²) < 4.78 is 20.5. The molecule has 0 bridgehead atoms. The van der Waals surface area contributed by atoms with Crippen LogP contribution in [0.15, 0.2) is 30.7 Å². The minimum atomic E-state index is -0.702. The lowest BCUT2D eigenvalue weighted by Gasteiger charge is -2.13. The number of imidazole rings is 1. The standard InChI is InChI=1S/C13H15FN2O2/c1-9(17)12-4-3-10(14)5-13(12)18-7-11-6-15-8-16(11)2/h3-6,8-9,17H,7H2,1-2H3/t9-/m1/s1. The quantitative estimate of drug-likeness (QED) is 0.904. The molecule has 2 rings (SSSR count). The first-order chi connectivity index (χ1) is 8.58. The Hall–Kier alpha value is -1.88. The summed E-state index contributed by atoms with van der Waals surface area (Å²) in [6.45, 7) is 1.89. The normalized spacial score (nSPS) is 12.4. The van der Waals surface area contributed by atoms with Crippen LogP contribution in [0, 0.1) is 5.82 Å². The smallest absolute Gasteiger partial charge is 0.130 e. The van der Waals surface area contributed by atoms with Crippen molar-refractivity contribution >= 4 is 0 Å². The molecule has 96 valence electrons. The fraction of sp³-hybridized carbons (Fsp3) is 0.308. The lowest BCUT2D eigenvalue weighted by molar-refractivity contribution is 0.189. The zero-order valence-corrected chi connectivity index (χ0v) is 10.3. The average Bonchev–Trinajstić information content (AvgIpc) is 2.72. The summed E-state index contributed by atoms with van der Waals surface area (Å²) in [5.41, 5.74) is 1.44. The fourth-order valence-electron chi connectivity index (χ4n) is 1.65. The lowest BCUT2D eigenvalue weighted by atomic mass is 10.1. The maximum absolute atomic E-state index is 13.2. The van der Waals surface area contributed by atoms with Crippen LogP contribution in [0.1, 0.15) is 24.3 Å². The van der Waals surface area contributed by atoms with E-state index in [1.165, 1.54) is 18.2 Å². The summed E-state index contributed by atoms with van der Waals surface area (Å²) in [7, 11) is 1.85. The molecule has 0 aliphatic rings. The van der Waals surface area contributed by atoms with Crippen LogP contribution in [-0.4, -0.2) is 14.7 Å². The van der Waals surface area contributed by atoms with E-state index in [9.17, 15) is 9.50 Å². The van der Waals surface area contributed by atoms with Gasteiger partial charge in [0, 0.05) is 18.7 Å². The molecule has 1 atom stereocenters. The van der Waals surface area contributed by atoms with Crippen LogP contribution in [0.3, 0.4) is 0 Å². The Morgan fingerprint density at radius 1 is 1.50 bits per heavy atom. The molecular formula is C13H15FN2O2. The van der Waals surface area contributed by atoms with Crippen LogP contribution in [0.25, 0.3) is 0 Å². The molecular weight excluding hydrogens is 235 g/mol. The number of hydrogen-bond acceptors (Lipinski definition) is 3. The Labute approximate surface area is 105 Å². The predicted octanol–water partition coefficient (Wildman–Crippen LogP) is 2.19. The maximum Gasteiger partial charge on any atom is 0.130 e. The van der Waals surface area contributed by atoms with Crippen molar-refractivity contribution in [2.75, 3.05) is 0 Å². The van der Waals surface area contributed by atoms with E-state index >= 15 is 0 Å². The Kier molecular flexibility index (Phi) is 3.62. The van der Waals surface area contributed by atoms with E-state index in [1.54, 1.807) is 19.4 Å². The molecule has 0 fully saturated rings. The SMILES string of the molecule is C[C@@H](O)c1ccc(F)cc1OCc1cncn1C. The summed E-state index contributed by atoms with van der Waals surface area (Å²) in [6, 6.07) is 4.11. The van der Waals surface area contributed by atoms with E-state index in [1.807, 2.05) is 11.6 Å². The summed E-state index contributed by atoms with van der Waals surface area (Å²) in [5.74, 6) is -0.0365. The Morgan fingerprint density at radius 2 is 2.28 bits per heavy atom. The van der Waals surface area contributed by atoms with Crippen molar-refractivity contribution in [1.82, 2.24) is 9.55 Å². The Morgan fingerprint density at radius 3 is 2.89 bits per heavy atom. The summed E-state index contributed by atoms with van der Waals surface area (Å²) in [6.07, 6.45) is 2.65. The number of ether oxygens (including phenoxy) is 1. The Balaban J connectivity index is 2.18. The highest BCUT2D eigenvalue weighted by atomic mass is 19.1. The zero-order chi connectivity index (χ0) is 13.1. The first kappa shape index (κ1) is 12.6. The van der Waals surface area contributed by atoms with Gasteiger partial charge in [0.25, 0.3) is 0 Å². The molecule has 0 saturated heterocycles. The second kappa shape index (κ2) is 5.18. The van der Waals surface area contributed by atoms with E-state index in [0.29, 0.717) is 11.3 Å². The number of benzene rings is 1. The third-order valence-electron chi connectivity index (χ3n) is 2.72. The molecule has 0 aliphatic heterocycles. The van der Waals surface area contributed by atoms with E-state index in [-0.39, 0.29) is 12.4 Å². The van der Waals surface area contributed by atoms with Gasteiger partial charge in [0.15, 0.2) is 0 Å². The fourth-order valence-corrected chi connectivity index (χ4v) is 1.65. The average molecular weight is 250 g/mol. The number of hydrogen-bond donors (Lipinski definition) is 1. The first-order valence-electron chi connectivity index (χ1n) is 5.63. The van der Waals surface area contributed by atoms with Gasteiger partial charge in [0.05, 0.1) is 24.3 Å². The number of aliphatic hydroxyl groups is 1. The van der Waals surface area contributed by atoms with Crippen molar-refractivity contribution in [1.29, 1.82) is 0 Å².